The fraction of sp³-hybridized carbons (Fsp3) is 0.0667. The van der Waals surface area contributed by atoms with E-state index in [1.165, 1.54) is 25.3 Å². The number of carbonyl (C=O) groups excluding carboxylic acids is 1. The molecule has 0 bridgehead atoms. The smallest absolute Gasteiger partial charge is 0.271 e. The van der Waals surface area contributed by atoms with Crippen LogP contribution in [0.2, 0.25) is 0 Å². The van der Waals surface area contributed by atoms with Crippen molar-refractivity contribution in [3.63, 3.8) is 0 Å². The molecule has 0 aliphatic rings. The Labute approximate surface area is 135 Å². The monoisotopic (exact) mass is 332 g/mol. The van der Waals surface area contributed by atoms with E-state index in [1.54, 1.807) is 0 Å². The lowest BCUT2D eigenvalue weighted by Crippen LogP contribution is -2.17. The Kier molecular flexibility index (Phi) is 5.05. The van der Waals surface area contributed by atoms with Crippen molar-refractivity contribution in [3.05, 3.63) is 63.5 Å². The van der Waals surface area contributed by atoms with E-state index >= 15 is 0 Å². The SMILES string of the molecule is COc1cc(/C=N/NC(=O)c2ccc(F)cc2)cc([N+](=O)[O-])c1[O-]. The van der Waals surface area contributed by atoms with Gasteiger partial charge in [-0.15, -0.1) is 0 Å². The Morgan fingerprint density at radius 3 is 2.58 bits per heavy atom. The number of nitro benzene ring substituents is 1. The molecule has 24 heavy (non-hydrogen) atoms. The molecule has 0 spiro atoms. The van der Waals surface area contributed by atoms with Crippen LogP contribution in [0, 0.1) is 15.9 Å². The summed E-state index contributed by atoms with van der Waals surface area (Å²) in [5.74, 6) is -2.13. The molecule has 2 rings (SSSR count). The van der Waals surface area contributed by atoms with Gasteiger partial charge in [0.2, 0.25) is 0 Å². The van der Waals surface area contributed by atoms with Crippen molar-refractivity contribution < 1.29 is 24.0 Å². The molecule has 2 aromatic rings. The van der Waals surface area contributed by atoms with E-state index in [0.29, 0.717) is 0 Å². The molecule has 8 nitrogen and oxygen atoms in total. The lowest BCUT2D eigenvalue weighted by molar-refractivity contribution is -0.398. The van der Waals surface area contributed by atoms with Crippen molar-refractivity contribution in [1.29, 1.82) is 0 Å². The van der Waals surface area contributed by atoms with Crippen molar-refractivity contribution in [2.45, 2.75) is 0 Å². The van der Waals surface area contributed by atoms with Gasteiger partial charge in [-0.25, -0.2) is 9.82 Å². The van der Waals surface area contributed by atoms with Crippen LogP contribution in [0.15, 0.2) is 41.5 Å². The van der Waals surface area contributed by atoms with Gasteiger partial charge in [-0.1, -0.05) is 0 Å². The average Bonchev–Trinajstić information content (AvgIpc) is 2.56. The fourth-order valence-corrected chi connectivity index (χ4v) is 1.80. The number of benzene rings is 2. The molecule has 0 aliphatic carbocycles. The zero-order chi connectivity index (χ0) is 17.7. The molecule has 0 atom stereocenters. The molecule has 0 unspecified atom stereocenters. The highest BCUT2D eigenvalue weighted by Gasteiger charge is 2.12. The normalized spacial score (nSPS) is 10.6. The summed E-state index contributed by atoms with van der Waals surface area (Å²) in [6.07, 6.45) is 1.12. The minimum atomic E-state index is -0.852. The molecule has 0 aliphatic heterocycles. The number of nitro groups is 1. The lowest BCUT2D eigenvalue weighted by Gasteiger charge is -2.12. The van der Waals surface area contributed by atoms with Crippen molar-refractivity contribution >= 4 is 17.8 Å². The number of ether oxygens (including phenoxy) is 1. The van der Waals surface area contributed by atoms with Gasteiger partial charge in [0.1, 0.15) is 11.6 Å². The van der Waals surface area contributed by atoms with Gasteiger partial charge in [-0.3, -0.25) is 14.9 Å². The first kappa shape index (κ1) is 16.9. The second-order valence-corrected chi connectivity index (χ2v) is 4.53. The number of carbonyl (C=O) groups is 1. The van der Waals surface area contributed by atoms with Gasteiger partial charge in [0.25, 0.3) is 11.6 Å². The summed E-state index contributed by atoms with van der Waals surface area (Å²) >= 11 is 0. The molecular formula is C15H11FN3O5-. The van der Waals surface area contributed by atoms with Crippen LogP contribution in [0.4, 0.5) is 10.1 Å². The van der Waals surface area contributed by atoms with Crippen molar-refractivity contribution in [2.24, 2.45) is 5.10 Å². The molecule has 0 aromatic heterocycles. The standard InChI is InChI=1S/C15H12FN3O5/c1-24-13-7-9(6-12(14(13)20)19(22)23)8-17-18-15(21)10-2-4-11(16)5-3-10/h2-8,20H,1H3,(H,18,21)/p-1/b17-8+. The Bertz CT molecular complexity index is 806. The van der Waals surface area contributed by atoms with Gasteiger partial charge in [0.05, 0.1) is 18.2 Å². The molecule has 1 amide bonds. The number of halogens is 1. The number of hydrogen-bond donors (Lipinski definition) is 1. The summed E-state index contributed by atoms with van der Waals surface area (Å²) in [6, 6.07) is 7.07. The van der Waals surface area contributed by atoms with Gasteiger partial charge in [0.15, 0.2) is 0 Å². The molecule has 0 saturated carbocycles. The van der Waals surface area contributed by atoms with E-state index in [-0.39, 0.29) is 16.9 Å². The van der Waals surface area contributed by atoms with E-state index in [9.17, 15) is 24.4 Å². The predicted octanol–water partition coefficient (Wildman–Crippen LogP) is 1.58. The van der Waals surface area contributed by atoms with Crippen molar-refractivity contribution in [2.75, 3.05) is 7.11 Å². The quantitative estimate of drug-likeness (QED) is 0.507. The maximum atomic E-state index is 12.8. The van der Waals surface area contributed by atoms with E-state index < -0.39 is 28.1 Å². The van der Waals surface area contributed by atoms with E-state index in [4.69, 9.17) is 4.74 Å². The summed E-state index contributed by atoms with van der Waals surface area (Å²) in [7, 11) is 1.21. The van der Waals surface area contributed by atoms with E-state index in [0.717, 1.165) is 24.4 Å². The number of amides is 1. The Balaban J connectivity index is 2.16. The Hall–Kier alpha value is -3.49. The van der Waals surface area contributed by atoms with Crippen molar-refractivity contribution in [1.82, 2.24) is 5.43 Å². The van der Waals surface area contributed by atoms with Crippen LogP contribution in [0.3, 0.4) is 0 Å². The highest BCUT2D eigenvalue weighted by atomic mass is 19.1. The van der Waals surface area contributed by atoms with Crippen molar-refractivity contribution in [3.8, 4) is 11.5 Å². The Morgan fingerprint density at radius 2 is 2.00 bits per heavy atom. The zero-order valence-corrected chi connectivity index (χ0v) is 12.4. The van der Waals surface area contributed by atoms with Crippen LogP contribution in [-0.2, 0) is 0 Å². The zero-order valence-electron chi connectivity index (χ0n) is 12.4. The van der Waals surface area contributed by atoms with Gasteiger partial charge < -0.3 is 9.84 Å². The van der Waals surface area contributed by atoms with Crippen LogP contribution < -0.4 is 15.3 Å². The van der Waals surface area contributed by atoms with Gasteiger partial charge in [-0.05, 0) is 30.3 Å². The lowest BCUT2D eigenvalue weighted by atomic mass is 10.2. The first-order chi connectivity index (χ1) is 11.4. The molecule has 1 N–H and O–H groups in total. The summed E-state index contributed by atoms with van der Waals surface area (Å²) in [6.45, 7) is 0. The summed E-state index contributed by atoms with van der Waals surface area (Å²) in [4.78, 5) is 21.8. The predicted molar refractivity (Wildman–Crippen MR) is 80.6 cm³/mol. The number of methoxy groups -OCH3 is 1. The molecule has 0 saturated heterocycles. The third-order valence-electron chi connectivity index (χ3n) is 2.96. The van der Waals surface area contributed by atoms with E-state index in [2.05, 4.69) is 10.5 Å². The van der Waals surface area contributed by atoms with Gasteiger partial charge in [-0.2, -0.15) is 5.10 Å². The topological polar surface area (TPSA) is 117 Å². The first-order valence-electron chi connectivity index (χ1n) is 6.54. The number of nitrogens with zero attached hydrogens (tertiary/aromatic N) is 2. The number of hydrogen-bond acceptors (Lipinski definition) is 6. The van der Waals surface area contributed by atoms with Crippen LogP contribution in [-0.4, -0.2) is 24.2 Å². The summed E-state index contributed by atoms with van der Waals surface area (Å²) in [5, 5.41) is 26.2. The molecule has 0 heterocycles. The largest absolute Gasteiger partial charge is 0.865 e. The van der Waals surface area contributed by atoms with Crippen LogP contribution in [0.25, 0.3) is 0 Å². The maximum absolute atomic E-state index is 12.8. The third-order valence-corrected chi connectivity index (χ3v) is 2.96. The molecule has 0 fully saturated rings. The average molecular weight is 332 g/mol. The molecular weight excluding hydrogens is 321 g/mol. The first-order valence-corrected chi connectivity index (χ1v) is 6.54. The highest BCUT2D eigenvalue weighted by molar-refractivity contribution is 5.95. The second kappa shape index (κ2) is 7.18. The maximum Gasteiger partial charge on any atom is 0.271 e. The summed E-state index contributed by atoms with van der Waals surface area (Å²) in [5.41, 5.74) is 1.90. The van der Waals surface area contributed by atoms with Crippen LogP contribution >= 0.6 is 0 Å². The number of hydrazone groups is 1. The Morgan fingerprint density at radius 1 is 1.33 bits per heavy atom. The molecule has 124 valence electrons. The molecule has 2 aromatic carbocycles. The fourth-order valence-electron chi connectivity index (χ4n) is 1.80. The molecule has 9 heteroatoms. The molecule has 0 radical (unpaired) electrons. The number of nitrogens with one attached hydrogen (secondary N) is 1. The minimum absolute atomic E-state index is 0.187. The summed E-state index contributed by atoms with van der Waals surface area (Å²) < 4.78 is 17.6. The van der Waals surface area contributed by atoms with E-state index in [1.807, 2.05) is 0 Å². The number of rotatable bonds is 5. The van der Waals surface area contributed by atoms with Gasteiger partial charge >= 0.3 is 0 Å². The minimum Gasteiger partial charge on any atom is -0.865 e. The third kappa shape index (κ3) is 3.83. The van der Waals surface area contributed by atoms with Crippen LogP contribution in [0.1, 0.15) is 15.9 Å². The van der Waals surface area contributed by atoms with Crippen LogP contribution in [0.5, 0.6) is 11.5 Å². The highest BCUT2D eigenvalue weighted by Crippen LogP contribution is 2.33. The van der Waals surface area contributed by atoms with Gasteiger partial charge in [0, 0.05) is 22.9 Å². The second-order valence-electron chi connectivity index (χ2n) is 4.53.